The summed E-state index contributed by atoms with van der Waals surface area (Å²) in [5, 5.41) is 12.4. The van der Waals surface area contributed by atoms with Crippen molar-refractivity contribution in [3.8, 4) is 11.5 Å². The van der Waals surface area contributed by atoms with Crippen LogP contribution in [0, 0.1) is 11.6 Å². The number of anilines is 2. The number of nitrogens with one attached hydrogen (secondary N) is 1. The lowest BCUT2D eigenvalue weighted by molar-refractivity contribution is 0.0697. The molecule has 0 aromatic heterocycles. The number of para-hydroxylation sites is 1. The minimum absolute atomic E-state index is 0.139. The van der Waals surface area contributed by atoms with Crippen molar-refractivity contribution in [3.63, 3.8) is 0 Å². The third-order valence-corrected chi connectivity index (χ3v) is 4.47. The molecule has 1 aliphatic heterocycles. The summed E-state index contributed by atoms with van der Waals surface area (Å²) in [6, 6.07) is 14.3. The number of rotatable bonds is 4. The van der Waals surface area contributed by atoms with Crippen molar-refractivity contribution in [2.24, 2.45) is 0 Å². The Bertz CT molecular complexity index is 1050. The van der Waals surface area contributed by atoms with Crippen LogP contribution in [0.4, 0.5) is 20.2 Å². The summed E-state index contributed by atoms with van der Waals surface area (Å²) >= 11 is 0. The first-order valence-electron chi connectivity index (χ1n) is 8.39. The van der Waals surface area contributed by atoms with Gasteiger partial charge in [0.25, 0.3) is 0 Å². The van der Waals surface area contributed by atoms with Crippen LogP contribution in [0.5, 0.6) is 11.5 Å². The maximum Gasteiger partial charge on any atom is 0.337 e. The number of fused-ring (bicyclic) bond motifs is 2. The molecule has 0 bridgehead atoms. The first kappa shape index (κ1) is 17.0. The van der Waals surface area contributed by atoms with Gasteiger partial charge in [0.05, 0.1) is 16.9 Å². The third kappa shape index (κ3) is 3.33. The van der Waals surface area contributed by atoms with Gasteiger partial charge in [-0.05, 0) is 60.4 Å². The van der Waals surface area contributed by atoms with Crippen LogP contribution in [0.2, 0.25) is 0 Å². The Labute approximate surface area is 154 Å². The first-order valence-corrected chi connectivity index (χ1v) is 8.39. The molecule has 136 valence electrons. The molecule has 4 rings (SSSR count). The van der Waals surface area contributed by atoms with Crippen LogP contribution in [-0.4, -0.2) is 11.1 Å². The minimum atomic E-state index is -1.03. The van der Waals surface area contributed by atoms with Gasteiger partial charge in [0.1, 0.15) is 0 Å². The molecule has 4 nitrogen and oxygen atoms in total. The second-order valence-corrected chi connectivity index (χ2v) is 6.29. The van der Waals surface area contributed by atoms with Crippen molar-refractivity contribution in [3.05, 3.63) is 82.9 Å². The average Bonchev–Trinajstić information content (AvgIpc) is 2.66. The summed E-state index contributed by atoms with van der Waals surface area (Å²) in [5.41, 5.74) is 2.92. The number of halogens is 2. The van der Waals surface area contributed by atoms with Gasteiger partial charge in [-0.15, -0.1) is 0 Å². The molecular weight excluding hydrogens is 352 g/mol. The fourth-order valence-corrected chi connectivity index (χ4v) is 3.07. The molecular formula is C21H15F2NO3. The Hall–Kier alpha value is -3.41. The number of aromatic carboxylic acids is 1. The van der Waals surface area contributed by atoms with Crippen molar-refractivity contribution in [1.82, 2.24) is 0 Å². The normalized spacial score (nSPS) is 11.8. The number of carboxylic acid groups (broad SMARTS) is 1. The molecule has 0 radical (unpaired) electrons. The predicted molar refractivity (Wildman–Crippen MR) is 97.0 cm³/mol. The van der Waals surface area contributed by atoms with E-state index in [1.165, 1.54) is 12.1 Å². The summed E-state index contributed by atoms with van der Waals surface area (Å²) in [4.78, 5) is 11.4. The zero-order chi connectivity index (χ0) is 19.0. The molecule has 0 atom stereocenters. The van der Waals surface area contributed by atoms with E-state index in [0.717, 1.165) is 11.6 Å². The summed E-state index contributed by atoms with van der Waals surface area (Å²) in [7, 11) is 0. The molecule has 0 saturated heterocycles. The van der Waals surface area contributed by atoms with Gasteiger partial charge in [-0.25, -0.2) is 13.6 Å². The molecule has 0 amide bonds. The average molecular weight is 367 g/mol. The number of ether oxygens (including phenoxy) is 1. The molecule has 2 N–H and O–H groups in total. The van der Waals surface area contributed by atoms with E-state index in [2.05, 4.69) is 5.32 Å². The SMILES string of the molecule is O=C(O)c1cccc2c1Nc1ccc(CCc3ccc(F)c(F)c3)cc1O2. The molecule has 3 aromatic rings. The van der Waals surface area contributed by atoms with Crippen molar-refractivity contribution >= 4 is 17.3 Å². The summed E-state index contributed by atoms with van der Waals surface area (Å²) in [6.07, 6.45) is 1.19. The monoisotopic (exact) mass is 367 g/mol. The lowest BCUT2D eigenvalue weighted by Gasteiger charge is -2.23. The Morgan fingerprint density at radius 2 is 1.67 bits per heavy atom. The van der Waals surface area contributed by atoms with Gasteiger partial charge in [0.15, 0.2) is 23.1 Å². The molecule has 27 heavy (non-hydrogen) atoms. The second-order valence-electron chi connectivity index (χ2n) is 6.29. The largest absolute Gasteiger partial charge is 0.478 e. The fraction of sp³-hybridized carbons (Fsp3) is 0.0952. The van der Waals surface area contributed by atoms with Crippen LogP contribution in [0.15, 0.2) is 54.6 Å². The van der Waals surface area contributed by atoms with Gasteiger partial charge < -0.3 is 15.2 Å². The number of benzene rings is 3. The van der Waals surface area contributed by atoms with E-state index in [1.807, 2.05) is 18.2 Å². The zero-order valence-electron chi connectivity index (χ0n) is 14.1. The van der Waals surface area contributed by atoms with Crippen LogP contribution in [0.1, 0.15) is 21.5 Å². The van der Waals surface area contributed by atoms with Gasteiger partial charge in [-0.1, -0.05) is 18.2 Å². The zero-order valence-corrected chi connectivity index (χ0v) is 14.1. The summed E-state index contributed by atoms with van der Waals surface area (Å²) in [6.45, 7) is 0. The van der Waals surface area contributed by atoms with Crippen molar-refractivity contribution in [2.75, 3.05) is 5.32 Å². The molecule has 0 spiro atoms. The molecule has 1 aliphatic rings. The number of aryl methyl sites for hydroxylation is 2. The van der Waals surface area contributed by atoms with E-state index < -0.39 is 17.6 Å². The van der Waals surface area contributed by atoms with Crippen molar-refractivity contribution in [2.45, 2.75) is 12.8 Å². The fourth-order valence-electron chi connectivity index (χ4n) is 3.07. The van der Waals surface area contributed by atoms with E-state index in [1.54, 1.807) is 18.2 Å². The van der Waals surface area contributed by atoms with Crippen LogP contribution < -0.4 is 10.1 Å². The Morgan fingerprint density at radius 1 is 0.926 bits per heavy atom. The molecule has 1 heterocycles. The van der Waals surface area contributed by atoms with Gasteiger partial charge >= 0.3 is 5.97 Å². The van der Waals surface area contributed by atoms with Gasteiger partial charge in [-0.3, -0.25) is 0 Å². The highest BCUT2D eigenvalue weighted by atomic mass is 19.2. The van der Waals surface area contributed by atoms with E-state index in [4.69, 9.17) is 4.74 Å². The molecule has 0 unspecified atom stereocenters. The van der Waals surface area contributed by atoms with Crippen LogP contribution >= 0.6 is 0 Å². The first-order chi connectivity index (χ1) is 13.0. The third-order valence-electron chi connectivity index (χ3n) is 4.47. The lowest BCUT2D eigenvalue weighted by Crippen LogP contribution is -2.09. The maximum atomic E-state index is 13.3. The second kappa shape index (κ2) is 6.72. The van der Waals surface area contributed by atoms with Gasteiger partial charge in [0.2, 0.25) is 0 Å². The molecule has 3 aromatic carbocycles. The Kier molecular flexibility index (Phi) is 4.24. The van der Waals surface area contributed by atoms with Gasteiger partial charge in [-0.2, -0.15) is 0 Å². The van der Waals surface area contributed by atoms with E-state index >= 15 is 0 Å². The maximum absolute atomic E-state index is 13.3. The minimum Gasteiger partial charge on any atom is -0.478 e. The molecule has 6 heteroatoms. The number of hydrogen-bond acceptors (Lipinski definition) is 3. The summed E-state index contributed by atoms with van der Waals surface area (Å²) < 4.78 is 32.2. The van der Waals surface area contributed by atoms with Crippen LogP contribution in [-0.2, 0) is 12.8 Å². The van der Waals surface area contributed by atoms with Gasteiger partial charge in [0, 0.05) is 0 Å². The predicted octanol–water partition coefficient (Wildman–Crippen LogP) is 5.30. The molecule has 0 saturated carbocycles. The smallest absolute Gasteiger partial charge is 0.337 e. The van der Waals surface area contributed by atoms with Crippen LogP contribution in [0.25, 0.3) is 0 Å². The Morgan fingerprint density at radius 3 is 2.41 bits per heavy atom. The van der Waals surface area contributed by atoms with E-state index in [-0.39, 0.29) is 5.56 Å². The van der Waals surface area contributed by atoms with Crippen molar-refractivity contribution < 1.29 is 23.4 Å². The van der Waals surface area contributed by atoms with Crippen molar-refractivity contribution in [1.29, 1.82) is 0 Å². The Balaban J connectivity index is 1.54. The number of carbonyl (C=O) groups is 1. The quantitative estimate of drug-likeness (QED) is 0.514. The molecule has 0 fully saturated rings. The topological polar surface area (TPSA) is 58.6 Å². The molecule has 0 aliphatic carbocycles. The highest BCUT2D eigenvalue weighted by Crippen LogP contribution is 2.43. The van der Waals surface area contributed by atoms with E-state index in [0.29, 0.717) is 41.3 Å². The lowest BCUT2D eigenvalue weighted by atomic mass is 10.0. The van der Waals surface area contributed by atoms with E-state index in [9.17, 15) is 18.7 Å². The standard InChI is InChI=1S/C21H15F2NO3/c22-15-8-6-12(10-16(15)23)4-5-13-7-9-17-19(11-13)27-18-3-1-2-14(21(25)26)20(18)24-17/h1-3,6-11,24H,4-5H2,(H,25,26). The summed E-state index contributed by atoms with van der Waals surface area (Å²) in [5.74, 6) is -1.70. The van der Waals surface area contributed by atoms with Crippen LogP contribution in [0.3, 0.4) is 0 Å². The number of carboxylic acids is 1. The highest BCUT2D eigenvalue weighted by Gasteiger charge is 2.22. The highest BCUT2D eigenvalue weighted by molar-refractivity contribution is 5.98. The number of hydrogen-bond donors (Lipinski definition) is 2.